The van der Waals surface area contributed by atoms with E-state index in [0.29, 0.717) is 17.1 Å². The van der Waals surface area contributed by atoms with Crippen LogP contribution < -0.4 is 4.74 Å². The summed E-state index contributed by atoms with van der Waals surface area (Å²) in [4.78, 5) is 11.4. The fourth-order valence-electron chi connectivity index (χ4n) is 2.57. The molecule has 1 N–H and O–H groups in total. The number of carboxylic acid groups (broad SMARTS) is 1. The highest BCUT2D eigenvalue weighted by atomic mass is 19.2. The summed E-state index contributed by atoms with van der Waals surface area (Å²) in [5.74, 6) is -4.50. The summed E-state index contributed by atoms with van der Waals surface area (Å²) in [5, 5.41) is 13.4. The molecular formula is C17H13F3N2O3. The number of pyridine rings is 1. The Morgan fingerprint density at radius 2 is 1.88 bits per heavy atom. The molecule has 8 heteroatoms. The van der Waals surface area contributed by atoms with Crippen LogP contribution >= 0.6 is 0 Å². The van der Waals surface area contributed by atoms with Crippen molar-refractivity contribution in [2.45, 2.75) is 20.5 Å². The van der Waals surface area contributed by atoms with Crippen LogP contribution in [-0.4, -0.2) is 20.7 Å². The van der Waals surface area contributed by atoms with Gasteiger partial charge in [-0.2, -0.15) is 9.61 Å². The van der Waals surface area contributed by atoms with Crippen molar-refractivity contribution in [1.29, 1.82) is 0 Å². The van der Waals surface area contributed by atoms with Crippen LogP contribution in [0.4, 0.5) is 13.2 Å². The number of aromatic nitrogens is 2. The predicted octanol–water partition coefficient (Wildman–Crippen LogP) is 3.65. The number of carbonyl (C=O) groups is 1. The lowest BCUT2D eigenvalue weighted by Crippen LogP contribution is -2.07. The average Bonchev–Trinajstić information content (AvgIpc) is 2.87. The van der Waals surface area contributed by atoms with Crippen molar-refractivity contribution in [3.63, 3.8) is 0 Å². The normalized spacial score (nSPS) is 11.1. The first-order valence-corrected chi connectivity index (χ1v) is 7.28. The van der Waals surface area contributed by atoms with Crippen LogP contribution in [-0.2, 0) is 6.61 Å². The quantitative estimate of drug-likeness (QED) is 0.730. The molecule has 5 nitrogen and oxygen atoms in total. The molecule has 130 valence electrons. The standard InChI is InChI=1S/C17H13F3N2O3/c1-8-5-13-15(17(23)24)9(2)21-22(13)14(6-8)25-7-10-11(18)3-4-12(19)16(10)20/h3-6H,7H2,1-2H3,(H,23,24). The van der Waals surface area contributed by atoms with Crippen molar-refractivity contribution in [3.05, 3.63) is 64.1 Å². The molecule has 0 saturated heterocycles. The number of benzene rings is 1. The van der Waals surface area contributed by atoms with Gasteiger partial charge >= 0.3 is 5.97 Å². The Kier molecular flexibility index (Phi) is 4.12. The van der Waals surface area contributed by atoms with Crippen LogP contribution in [0.1, 0.15) is 27.2 Å². The maximum absolute atomic E-state index is 13.7. The van der Waals surface area contributed by atoms with Crippen molar-refractivity contribution in [2.24, 2.45) is 0 Å². The highest BCUT2D eigenvalue weighted by Gasteiger charge is 2.20. The monoisotopic (exact) mass is 350 g/mol. The summed E-state index contributed by atoms with van der Waals surface area (Å²) in [6.07, 6.45) is 0. The van der Waals surface area contributed by atoms with Crippen LogP contribution in [0.5, 0.6) is 5.88 Å². The van der Waals surface area contributed by atoms with E-state index in [9.17, 15) is 23.1 Å². The molecule has 0 fully saturated rings. The number of hydrogen-bond donors (Lipinski definition) is 1. The van der Waals surface area contributed by atoms with E-state index in [4.69, 9.17) is 4.74 Å². The smallest absolute Gasteiger partial charge is 0.339 e. The van der Waals surface area contributed by atoms with Gasteiger partial charge in [-0.3, -0.25) is 0 Å². The number of aromatic carboxylic acids is 1. The first-order valence-electron chi connectivity index (χ1n) is 7.28. The second kappa shape index (κ2) is 6.12. The summed E-state index contributed by atoms with van der Waals surface area (Å²) < 4.78 is 47.4. The molecule has 3 aromatic rings. The number of fused-ring (bicyclic) bond motifs is 1. The molecule has 0 amide bonds. The SMILES string of the molecule is Cc1cc(OCc2c(F)ccc(F)c2F)n2nc(C)c(C(=O)O)c2c1. The summed E-state index contributed by atoms with van der Waals surface area (Å²) in [6, 6.07) is 4.65. The average molecular weight is 350 g/mol. The molecule has 0 aliphatic carbocycles. The molecule has 2 heterocycles. The maximum atomic E-state index is 13.7. The van der Waals surface area contributed by atoms with Crippen LogP contribution in [0.2, 0.25) is 0 Å². The molecule has 0 aliphatic rings. The van der Waals surface area contributed by atoms with E-state index >= 15 is 0 Å². The van der Waals surface area contributed by atoms with Gasteiger partial charge in [0.2, 0.25) is 5.88 Å². The Morgan fingerprint density at radius 3 is 2.56 bits per heavy atom. The number of carboxylic acids is 1. The number of halogens is 3. The zero-order chi connectivity index (χ0) is 18.3. The van der Waals surface area contributed by atoms with Gasteiger partial charge in [0, 0.05) is 6.07 Å². The van der Waals surface area contributed by atoms with Gasteiger partial charge in [-0.15, -0.1) is 0 Å². The molecule has 0 aliphatic heterocycles. The van der Waals surface area contributed by atoms with Crippen LogP contribution in [0.3, 0.4) is 0 Å². The Bertz CT molecular complexity index is 999. The summed E-state index contributed by atoms with van der Waals surface area (Å²) in [7, 11) is 0. The number of rotatable bonds is 4. The largest absolute Gasteiger partial charge is 0.478 e. The fourth-order valence-corrected chi connectivity index (χ4v) is 2.57. The lowest BCUT2D eigenvalue weighted by Gasteiger charge is -2.11. The van der Waals surface area contributed by atoms with Crippen molar-refractivity contribution in [1.82, 2.24) is 9.61 Å². The Morgan fingerprint density at radius 1 is 1.20 bits per heavy atom. The van der Waals surface area contributed by atoms with Gasteiger partial charge in [-0.1, -0.05) is 0 Å². The third-order valence-electron chi connectivity index (χ3n) is 3.74. The van der Waals surface area contributed by atoms with Gasteiger partial charge in [0.1, 0.15) is 18.0 Å². The second-order valence-corrected chi connectivity index (χ2v) is 5.54. The van der Waals surface area contributed by atoms with Crippen molar-refractivity contribution >= 4 is 11.5 Å². The van der Waals surface area contributed by atoms with Gasteiger partial charge in [0.15, 0.2) is 11.6 Å². The summed E-state index contributed by atoms with van der Waals surface area (Å²) in [5.41, 5.74) is 0.685. The van der Waals surface area contributed by atoms with Crippen LogP contribution in [0, 0.1) is 31.3 Å². The minimum atomic E-state index is -1.33. The van der Waals surface area contributed by atoms with Crippen LogP contribution in [0.25, 0.3) is 5.52 Å². The molecule has 1 aromatic carbocycles. The molecule has 0 atom stereocenters. The number of nitrogens with zero attached hydrogens (tertiary/aromatic N) is 2. The van der Waals surface area contributed by atoms with Gasteiger partial charge in [0.05, 0.1) is 16.8 Å². The predicted molar refractivity (Wildman–Crippen MR) is 82.3 cm³/mol. The van der Waals surface area contributed by atoms with E-state index in [1.807, 2.05) is 0 Å². The van der Waals surface area contributed by atoms with Crippen molar-refractivity contribution < 1.29 is 27.8 Å². The molecule has 0 saturated carbocycles. The third kappa shape index (κ3) is 2.90. The van der Waals surface area contributed by atoms with E-state index in [1.54, 1.807) is 19.1 Å². The summed E-state index contributed by atoms with van der Waals surface area (Å²) >= 11 is 0. The van der Waals surface area contributed by atoms with Gasteiger partial charge in [-0.05, 0) is 37.6 Å². The van der Waals surface area contributed by atoms with E-state index < -0.39 is 35.6 Å². The molecule has 0 unspecified atom stereocenters. The van der Waals surface area contributed by atoms with Gasteiger partial charge < -0.3 is 9.84 Å². The minimum Gasteiger partial charge on any atom is -0.478 e. The van der Waals surface area contributed by atoms with E-state index in [2.05, 4.69) is 5.10 Å². The lowest BCUT2D eigenvalue weighted by molar-refractivity contribution is 0.0698. The number of hydrogen-bond acceptors (Lipinski definition) is 3. The van der Waals surface area contributed by atoms with Crippen molar-refractivity contribution in [2.75, 3.05) is 0 Å². The lowest BCUT2D eigenvalue weighted by atomic mass is 10.2. The zero-order valence-corrected chi connectivity index (χ0v) is 13.3. The maximum Gasteiger partial charge on any atom is 0.339 e. The molecule has 25 heavy (non-hydrogen) atoms. The molecule has 0 spiro atoms. The first-order chi connectivity index (χ1) is 11.8. The summed E-state index contributed by atoms with van der Waals surface area (Å²) in [6.45, 7) is 2.67. The molecule has 3 rings (SSSR count). The van der Waals surface area contributed by atoms with E-state index in [1.165, 1.54) is 11.4 Å². The minimum absolute atomic E-state index is 0.0108. The fraction of sp³-hybridized carbons (Fsp3) is 0.176. The van der Waals surface area contributed by atoms with Gasteiger partial charge in [-0.25, -0.2) is 18.0 Å². The third-order valence-corrected chi connectivity index (χ3v) is 3.74. The molecule has 2 aromatic heterocycles. The van der Waals surface area contributed by atoms with Crippen molar-refractivity contribution in [3.8, 4) is 5.88 Å². The van der Waals surface area contributed by atoms with E-state index in [0.717, 1.165) is 6.07 Å². The molecule has 0 radical (unpaired) electrons. The first kappa shape index (κ1) is 16.8. The number of ether oxygens (including phenoxy) is 1. The number of aryl methyl sites for hydroxylation is 2. The Balaban J connectivity index is 2.04. The molecular weight excluding hydrogens is 337 g/mol. The highest BCUT2D eigenvalue weighted by molar-refractivity contribution is 5.97. The van der Waals surface area contributed by atoms with E-state index in [-0.39, 0.29) is 17.1 Å². The zero-order valence-electron chi connectivity index (χ0n) is 13.3. The second-order valence-electron chi connectivity index (χ2n) is 5.54. The topological polar surface area (TPSA) is 63.8 Å². The Labute approximate surface area is 140 Å². The van der Waals surface area contributed by atoms with Gasteiger partial charge in [0.25, 0.3) is 0 Å². The van der Waals surface area contributed by atoms with Crippen LogP contribution in [0.15, 0.2) is 24.3 Å². The molecule has 0 bridgehead atoms. The Hall–Kier alpha value is -3.03. The highest BCUT2D eigenvalue weighted by Crippen LogP contribution is 2.25.